The Morgan fingerprint density at radius 3 is 2.39 bits per heavy atom. The highest BCUT2D eigenvalue weighted by atomic mass is 32.2. The molecule has 7 heteroatoms. The Morgan fingerprint density at radius 1 is 1.07 bits per heavy atom. The normalized spacial score (nSPS) is 12.6. The summed E-state index contributed by atoms with van der Waals surface area (Å²) in [5, 5.41) is 10.3. The van der Waals surface area contributed by atoms with Crippen LogP contribution >= 0.6 is 0 Å². The van der Waals surface area contributed by atoms with Gasteiger partial charge in [-0.2, -0.15) is 0 Å². The van der Waals surface area contributed by atoms with E-state index >= 15 is 0 Å². The molecule has 6 nitrogen and oxygen atoms in total. The summed E-state index contributed by atoms with van der Waals surface area (Å²) in [6.45, 7) is -0.0783. The maximum Gasteiger partial charge on any atom is 0.212 e. The van der Waals surface area contributed by atoms with Crippen molar-refractivity contribution in [3.63, 3.8) is 0 Å². The van der Waals surface area contributed by atoms with Crippen LogP contribution in [0.2, 0.25) is 0 Å². The van der Waals surface area contributed by atoms with Gasteiger partial charge in [0.2, 0.25) is 10.0 Å². The Morgan fingerprint density at radius 2 is 1.79 bits per heavy atom. The number of aryl methyl sites for hydroxylation is 1. The highest BCUT2D eigenvalue weighted by Crippen LogP contribution is 2.22. The van der Waals surface area contributed by atoms with Gasteiger partial charge in [0.15, 0.2) is 0 Å². The van der Waals surface area contributed by atoms with E-state index in [1.807, 2.05) is 30.3 Å². The van der Waals surface area contributed by atoms with Gasteiger partial charge in [-0.25, -0.2) is 13.1 Å². The van der Waals surface area contributed by atoms with Crippen molar-refractivity contribution in [2.24, 2.45) is 0 Å². The first-order chi connectivity index (χ1) is 13.5. The molecule has 2 N–H and O–H groups in total. The first-order valence-corrected chi connectivity index (χ1v) is 10.5. The molecule has 28 heavy (non-hydrogen) atoms. The van der Waals surface area contributed by atoms with E-state index < -0.39 is 16.1 Å². The summed E-state index contributed by atoms with van der Waals surface area (Å²) in [6.07, 6.45) is 1.05. The number of aliphatic hydroxyl groups is 1. The third-order valence-corrected chi connectivity index (χ3v) is 5.76. The van der Waals surface area contributed by atoms with Crippen LogP contribution < -0.4 is 9.46 Å². The molecule has 0 amide bonds. The standard InChI is InChI=1S/C21H23NO5S/c1-26-19-10-4-16(5-11-19)12-14-28(24,25)22-15-20(23)17-6-8-18(9-7-17)21-3-2-13-27-21/h2-11,13,20,22-23H,12,14-15H2,1H3/t20-/m1/s1. The zero-order valence-corrected chi connectivity index (χ0v) is 16.4. The molecule has 0 spiro atoms. The van der Waals surface area contributed by atoms with Crippen LogP contribution in [0.1, 0.15) is 17.2 Å². The molecule has 1 atom stereocenters. The lowest BCUT2D eigenvalue weighted by molar-refractivity contribution is 0.182. The van der Waals surface area contributed by atoms with Gasteiger partial charge in [0.1, 0.15) is 11.5 Å². The molecular weight excluding hydrogens is 378 g/mol. The molecule has 0 fully saturated rings. The van der Waals surface area contributed by atoms with Crippen molar-refractivity contribution in [1.82, 2.24) is 4.72 Å². The van der Waals surface area contributed by atoms with Crippen LogP contribution in [0.3, 0.4) is 0 Å². The molecule has 0 saturated heterocycles. The monoisotopic (exact) mass is 401 g/mol. The second kappa shape index (κ2) is 9.05. The Balaban J connectivity index is 1.51. The summed E-state index contributed by atoms with van der Waals surface area (Å²) in [5.74, 6) is 1.41. The molecule has 0 radical (unpaired) electrons. The summed E-state index contributed by atoms with van der Waals surface area (Å²) < 4.78 is 37.3. The highest BCUT2D eigenvalue weighted by molar-refractivity contribution is 7.89. The molecule has 2 aromatic carbocycles. The smallest absolute Gasteiger partial charge is 0.212 e. The number of nitrogens with one attached hydrogen (secondary N) is 1. The molecule has 1 heterocycles. The van der Waals surface area contributed by atoms with Crippen molar-refractivity contribution in [1.29, 1.82) is 0 Å². The van der Waals surface area contributed by atoms with Gasteiger partial charge in [-0.1, -0.05) is 36.4 Å². The van der Waals surface area contributed by atoms with Gasteiger partial charge in [-0.05, 0) is 41.8 Å². The van der Waals surface area contributed by atoms with E-state index in [1.165, 1.54) is 0 Å². The molecule has 148 valence electrons. The minimum absolute atomic E-state index is 0.0521. The lowest BCUT2D eigenvalue weighted by atomic mass is 10.1. The Kier molecular flexibility index (Phi) is 6.51. The quantitative estimate of drug-likeness (QED) is 0.575. The number of sulfonamides is 1. The van der Waals surface area contributed by atoms with Crippen LogP contribution in [0.5, 0.6) is 5.75 Å². The van der Waals surface area contributed by atoms with Crippen LogP contribution in [-0.4, -0.2) is 32.9 Å². The minimum atomic E-state index is -3.50. The molecule has 0 aliphatic carbocycles. The average molecular weight is 401 g/mol. The molecule has 0 saturated carbocycles. The van der Waals surface area contributed by atoms with Crippen molar-refractivity contribution < 1.29 is 22.7 Å². The topological polar surface area (TPSA) is 88.8 Å². The van der Waals surface area contributed by atoms with E-state index in [2.05, 4.69) is 4.72 Å². The summed E-state index contributed by atoms with van der Waals surface area (Å²) >= 11 is 0. The zero-order valence-electron chi connectivity index (χ0n) is 15.5. The van der Waals surface area contributed by atoms with Crippen LogP contribution in [-0.2, 0) is 16.4 Å². The third-order valence-electron chi connectivity index (χ3n) is 4.42. The molecule has 3 aromatic rings. The largest absolute Gasteiger partial charge is 0.497 e. The van der Waals surface area contributed by atoms with Gasteiger partial charge < -0.3 is 14.3 Å². The summed E-state index contributed by atoms with van der Waals surface area (Å²) in [4.78, 5) is 0. The number of furan rings is 1. The van der Waals surface area contributed by atoms with E-state index in [0.29, 0.717) is 12.0 Å². The predicted octanol–water partition coefficient (Wildman–Crippen LogP) is 3.15. The number of rotatable bonds is 9. The van der Waals surface area contributed by atoms with Gasteiger partial charge in [0.25, 0.3) is 0 Å². The molecule has 0 aliphatic heterocycles. The SMILES string of the molecule is COc1ccc(CCS(=O)(=O)NC[C@@H](O)c2ccc(-c3ccco3)cc2)cc1. The van der Waals surface area contributed by atoms with Crippen LogP contribution in [0.4, 0.5) is 0 Å². The highest BCUT2D eigenvalue weighted by Gasteiger charge is 2.15. The van der Waals surface area contributed by atoms with Crippen molar-refractivity contribution in [3.05, 3.63) is 78.1 Å². The Bertz CT molecular complexity index is 965. The van der Waals surface area contributed by atoms with E-state index in [0.717, 1.165) is 22.6 Å². The van der Waals surface area contributed by atoms with Crippen LogP contribution in [0, 0.1) is 0 Å². The number of aliphatic hydroxyl groups excluding tert-OH is 1. The number of benzene rings is 2. The van der Waals surface area contributed by atoms with Crippen molar-refractivity contribution in [3.8, 4) is 17.1 Å². The van der Waals surface area contributed by atoms with Crippen molar-refractivity contribution in [2.75, 3.05) is 19.4 Å². The van der Waals surface area contributed by atoms with E-state index in [4.69, 9.17) is 9.15 Å². The lowest BCUT2D eigenvalue weighted by Gasteiger charge is -2.13. The van der Waals surface area contributed by atoms with Crippen molar-refractivity contribution >= 4 is 10.0 Å². The minimum Gasteiger partial charge on any atom is -0.497 e. The fourth-order valence-electron chi connectivity index (χ4n) is 2.75. The lowest BCUT2D eigenvalue weighted by Crippen LogP contribution is -2.31. The van der Waals surface area contributed by atoms with E-state index in [9.17, 15) is 13.5 Å². The molecule has 1 aromatic heterocycles. The predicted molar refractivity (Wildman–Crippen MR) is 108 cm³/mol. The van der Waals surface area contributed by atoms with Gasteiger partial charge in [0, 0.05) is 12.1 Å². The summed E-state index contributed by atoms with van der Waals surface area (Å²) in [7, 11) is -1.92. The van der Waals surface area contributed by atoms with Crippen molar-refractivity contribution in [2.45, 2.75) is 12.5 Å². The van der Waals surface area contributed by atoms with Crippen LogP contribution in [0.15, 0.2) is 71.3 Å². The Labute approximate surface area is 164 Å². The van der Waals surface area contributed by atoms with E-state index in [1.54, 1.807) is 43.7 Å². The fourth-order valence-corrected chi connectivity index (χ4v) is 3.81. The average Bonchev–Trinajstić information content (AvgIpc) is 3.26. The Hall–Kier alpha value is -2.61. The van der Waals surface area contributed by atoms with Crippen LogP contribution in [0.25, 0.3) is 11.3 Å². The van der Waals surface area contributed by atoms with Gasteiger partial charge in [0.05, 0.1) is 25.2 Å². The second-order valence-corrected chi connectivity index (χ2v) is 8.31. The van der Waals surface area contributed by atoms with Gasteiger partial charge in [-0.3, -0.25) is 0 Å². The number of hydrogen-bond acceptors (Lipinski definition) is 5. The first-order valence-electron chi connectivity index (χ1n) is 8.89. The molecule has 0 bridgehead atoms. The molecular formula is C21H23NO5S. The fraction of sp³-hybridized carbons (Fsp3) is 0.238. The number of hydrogen-bond donors (Lipinski definition) is 2. The second-order valence-electron chi connectivity index (χ2n) is 6.38. The molecule has 0 unspecified atom stereocenters. The maximum absolute atomic E-state index is 12.2. The number of ether oxygens (including phenoxy) is 1. The number of methoxy groups -OCH3 is 1. The molecule has 3 rings (SSSR count). The summed E-state index contributed by atoms with van der Waals surface area (Å²) in [6, 6.07) is 18.1. The molecule has 0 aliphatic rings. The summed E-state index contributed by atoms with van der Waals surface area (Å²) in [5.41, 5.74) is 2.43. The van der Waals surface area contributed by atoms with E-state index in [-0.39, 0.29) is 12.3 Å². The van der Waals surface area contributed by atoms with Gasteiger partial charge >= 0.3 is 0 Å². The third kappa shape index (κ3) is 5.45. The maximum atomic E-state index is 12.2. The zero-order chi connectivity index (χ0) is 20.0. The van der Waals surface area contributed by atoms with Gasteiger partial charge in [-0.15, -0.1) is 0 Å². The first kappa shape index (κ1) is 20.1.